The minimum absolute atomic E-state index is 0.0176. The van der Waals surface area contributed by atoms with E-state index in [1.807, 2.05) is 10.8 Å². The Morgan fingerprint density at radius 2 is 2.22 bits per heavy atom. The topological polar surface area (TPSA) is 83.5 Å². The van der Waals surface area contributed by atoms with Crippen LogP contribution in [0.4, 0.5) is 0 Å². The maximum absolute atomic E-state index is 11.6. The third-order valence-electron chi connectivity index (χ3n) is 2.78. The number of unbranched alkanes of at least 4 members (excludes halogenated alkanes) is 2. The lowest BCUT2D eigenvalue weighted by Crippen LogP contribution is -2.05. The summed E-state index contributed by atoms with van der Waals surface area (Å²) in [6.45, 7) is 0.926. The first kappa shape index (κ1) is 12.3. The summed E-state index contributed by atoms with van der Waals surface area (Å²) in [6.07, 6.45) is 10.2. The second-order valence-corrected chi connectivity index (χ2v) is 4.19. The van der Waals surface area contributed by atoms with Gasteiger partial charge in [0.2, 0.25) is 0 Å². The minimum atomic E-state index is -0.335. The molecule has 6 heteroatoms. The van der Waals surface area contributed by atoms with Gasteiger partial charge in [0.1, 0.15) is 5.69 Å². The van der Waals surface area contributed by atoms with Crippen LogP contribution in [0.2, 0.25) is 0 Å². The summed E-state index contributed by atoms with van der Waals surface area (Å²) in [4.78, 5) is 31.3. The molecule has 0 spiro atoms. The van der Waals surface area contributed by atoms with Gasteiger partial charge in [-0.05, 0) is 12.8 Å². The Morgan fingerprint density at radius 3 is 2.89 bits per heavy atom. The monoisotopic (exact) mass is 248 g/mol. The number of H-pyrrole nitrogens is 2. The van der Waals surface area contributed by atoms with E-state index in [1.54, 1.807) is 12.5 Å². The number of Topliss-reactive ketones (excluding diaryl/α,β-unsaturated/α-hetero) is 1. The number of carbonyl (C=O) groups excluding carboxylic acids is 1. The van der Waals surface area contributed by atoms with Crippen LogP contribution >= 0.6 is 0 Å². The van der Waals surface area contributed by atoms with E-state index in [9.17, 15) is 9.59 Å². The molecule has 2 aromatic rings. The Labute approximate surface area is 104 Å². The molecule has 0 fully saturated rings. The largest absolute Gasteiger partial charge is 0.337 e. The molecule has 0 radical (unpaired) electrons. The fourth-order valence-corrected chi connectivity index (χ4v) is 1.79. The van der Waals surface area contributed by atoms with Crippen molar-refractivity contribution in [2.45, 2.75) is 32.2 Å². The number of hydrogen-bond donors (Lipinski definition) is 2. The minimum Gasteiger partial charge on any atom is -0.337 e. The Hall–Kier alpha value is -2.11. The predicted molar refractivity (Wildman–Crippen MR) is 66.4 cm³/mol. The third-order valence-corrected chi connectivity index (χ3v) is 2.78. The average molecular weight is 248 g/mol. The van der Waals surface area contributed by atoms with E-state index in [0.29, 0.717) is 12.1 Å². The molecule has 2 rings (SSSR count). The average Bonchev–Trinajstić information content (AvgIpc) is 2.99. The first-order chi connectivity index (χ1) is 8.75. The fraction of sp³-hybridized carbons (Fsp3) is 0.417. The molecular formula is C12H16N4O2. The smallest absolute Gasteiger partial charge is 0.323 e. The van der Waals surface area contributed by atoms with Crippen LogP contribution in [0.1, 0.15) is 36.2 Å². The molecule has 2 N–H and O–H groups in total. The molecule has 0 aliphatic carbocycles. The van der Waals surface area contributed by atoms with Crippen molar-refractivity contribution >= 4 is 5.78 Å². The number of rotatable bonds is 7. The van der Waals surface area contributed by atoms with Crippen molar-refractivity contribution < 1.29 is 4.79 Å². The molecule has 2 heterocycles. The van der Waals surface area contributed by atoms with Gasteiger partial charge in [-0.2, -0.15) is 0 Å². The number of carbonyl (C=O) groups is 1. The van der Waals surface area contributed by atoms with Gasteiger partial charge in [0, 0.05) is 31.6 Å². The number of imidazole rings is 2. The van der Waals surface area contributed by atoms with Gasteiger partial charge in [0.05, 0.1) is 6.33 Å². The molecule has 18 heavy (non-hydrogen) atoms. The number of nitrogens with zero attached hydrogens (tertiary/aromatic N) is 2. The number of aryl methyl sites for hydroxylation is 1. The van der Waals surface area contributed by atoms with Crippen molar-refractivity contribution in [3.05, 3.63) is 41.1 Å². The van der Waals surface area contributed by atoms with Crippen molar-refractivity contribution in [2.75, 3.05) is 0 Å². The van der Waals surface area contributed by atoms with Crippen LogP contribution in [0.15, 0.2) is 29.7 Å². The molecule has 0 saturated carbocycles. The van der Waals surface area contributed by atoms with E-state index in [4.69, 9.17) is 0 Å². The molecule has 0 saturated heterocycles. The van der Waals surface area contributed by atoms with Crippen molar-refractivity contribution in [3.8, 4) is 0 Å². The number of aromatic nitrogens is 4. The molecule has 0 aliphatic heterocycles. The maximum Gasteiger partial charge on any atom is 0.323 e. The molecular weight excluding hydrogens is 232 g/mol. The van der Waals surface area contributed by atoms with Gasteiger partial charge in [-0.3, -0.25) is 4.79 Å². The zero-order chi connectivity index (χ0) is 12.8. The van der Waals surface area contributed by atoms with Crippen LogP contribution in [0.5, 0.6) is 0 Å². The molecule has 0 aromatic carbocycles. The first-order valence-corrected chi connectivity index (χ1v) is 6.02. The fourth-order valence-electron chi connectivity index (χ4n) is 1.79. The third kappa shape index (κ3) is 3.44. The first-order valence-electron chi connectivity index (χ1n) is 6.02. The molecule has 0 unspecified atom stereocenters. The molecule has 0 bridgehead atoms. The van der Waals surface area contributed by atoms with Gasteiger partial charge < -0.3 is 14.5 Å². The van der Waals surface area contributed by atoms with E-state index in [0.717, 1.165) is 25.8 Å². The standard InChI is InChI=1S/C12H16N4O2/c17-11(10-8-14-12(18)15-10)4-2-1-3-6-16-7-5-13-9-16/h5,7-9H,1-4,6H2,(H2,14,15,18). The van der Waals surface area contributed by atoms with Crippen LogP contribution in [-0.2, 0) is 6.54 Å². The summed E-state index contributed by atoms with van der Waals surface area (Å²) in [5, 5.41) is 0. The van der Waals surface area contributed by atoms with Gasteiger partial charge in [-0.1, -0.05) is 6.42 Å². The SMILES string of the molecule is O=C(CCCCCn1ccnc1)c1c[nH]c(=O)[nH]1. The molecule has 2 aromatic heterocycles. The van der Waals surface area contributed by atoms with Crippen molar-refractivity contribution in [3.63, 3.8) is 0 Å². The predicted octanol–water partition coefficient (Wildman–Crippen LogP) is 1.34. The van der Waals surface area contributed by atoms with Gasteiger partial charge in [-0.25, -0.2) is 9.78 Å². The second-order valence-electron chi connectivity index (χ2n) is 4.19. The summed E-state index contributed by atoms with van der Waals surface area (Å²) >= 11 is 0. The number of nitrogens with one attached hydrogen (secondary N) is 2. The van der Waals surface area contributed by atoms with Crippen LogP contribution in [0.25, 0.3) is 0 Å². The highest BCUT2D eigenvalue weighted by atomic mass is 16.1. The van der Waals surface area contributed by atoms with Gasteiger partial charge in [0.15, 0.2) is 5.78 Å². The number of hydrogen-bond acceptors (Lipinski definition) is 3. The Balaban J connectivity index is 1.63. The molecule has 6 nitrogen and oxygen atoms in total. The Kier molecular flexibility index (Phi) is 4.11. The van der Waals surface area contributed by atoms with Gasteiger partial charge >= 0.3 is 5.69 Å². The van der Waals surface area contributed by atoms with Crippen molar-refractivity contribution in [1.82, 2.24) is 19.5 Å². The quantitative estimate of drug-likeness (QED) is 0.573. The van der Waals surface area contributed by atoms with Crippen molar-refractivity contribution in [2.24, 2.45) is 0 Å². The van der Waals surface area contributed by atoms with Crippen LogP contribution in [0, 0.1) is 0 Å². The maximum atomic E-state index is 11.6. The van der Waals surface area contributed by atoms with Crippen LogP contribution < -0.4 is 5.69 Å². The molecule has 0 aliphatic rings. The number of aromatic amines is 2. The van der Waals surface area contributed by atoms with E-state index in [2.05, 4.69) is 15.0 Å². The zero-order valence-corrected chi connectivity index (χ0v) is 10.1. The van der Waals surface area contributed by atoms with Crippen molar-refractivity contribution in [1.29, 1.82) is 0 Å². The highest BCUT2D eigenvalue weighted by Gasteiger charge is 2.07. The zero-order valence-electron chi connectivity index (χ0n) is 10.1. The Morgan fingerprint density at radius 1 is 1.33 bits per heavy atom. The summed E-state index contributed by atoms with van der Waals surface area (Å²) in [7, 11) is 0. The summed E-state index contributed by atoms with van der Waals surface area (Å²) in [5.74, 6) is -0.0176. The summed E-state index contributed by atoms with van der Waals surface area (Å²) < 4.78 is 2.02. The molecule has 0 atom stereocenters. The van der Waals surface area contributed by atoms with E-state index in [-0.39, 0.29) is 11.5 Å². The van der Waals surface area contributed by atoms with Crippen LogP contribution in [0.3, 0.4) is 0 Å². The van der Waals surface area contributed by atoms with Gasteiger partial charge in [0.25, 0.3) is 0 Å². The van der Waals surface area contributed by atoms with E-state index in [1.165, 1.54) is 6.20 Å². The lowest BCUT2D eigenvalue weighted by Gasteiger charge is -2.01. The molecule has 96 valence electrons. The Bertz CT molecular complexity index is 538. The molecule has 0 amide bonds. The highest BCUT2D eigenvalue weighted by Crippen LogP contribution is 2.06. The van der Waals surface area contributed by atoms with E-state index >= 15 is 0 Å². The normalized spacial score (nSPS) is 10.7. The van der Waals surface area contributed by atoms with Crippen LogP contribution in [-0.4, -0.2) is 25.3 Å². The number of ketones is 1. The summed E-state index contributed by atoms with van der Waals surface area (Å²) in [5.41, 5.74) is 0.0352. The van der Waals surface area contributed by atoms with Gasteiger partial charge in [-0.15, -0.1) is 0 Å². The highest BCUT2D eigenvalue weighted by molar-refractivity contribution is 5.93. The second kappa shape index (κ2) is 6.00. The lowest BCUT2D eigenvalue weighted by molar-refractivity contribution is 0.0974. The lowest BCUT2D eigenvalue weighted by atomic mass is 10.1. The van der Waals surface area contributed by atoms with E-state index < -0.39 is 0 Å². The summed E-state index contributed by atoms with van der Waals surface area (Å²) in [6, 6.07) is 0.